The fourth-order valence-corrected chi connectivity index (χ4v) is 4.47. The number of nitrogens with zero attached hydrogens (tertiary/aromatic N) is 1. The molecule has 1 N–H and O–H groups in total. The monoisotopic (exact) mass is 266 g/mol. The molecule has 0 aromatic carbocycles. The summed E-state index contributed by atoms with van der Waals surface area (Å²) in [5.74, 6) is 2.72. The molecule has 112 valence electrons. The normalized spacial score (nSPS) is 39.2. The quantitative estimate of drug-likeness (QED) is 0.837. The van der Waals surface area contributed by atoms with Gasteiger partial charge in [0.25, 0.3) is 0 Å². The second-order valence-corrected chi connectivity index (χ2v) is 7.31. The predicted octanol–water partition coefficient (Wildman–Crippen LogP) is 3.52. The van der Waals surface area contributed by atoms with Crippen molar-refractivity contribution in [3.05, 3.63) is 0 Å². The van der Waals surface area contributed by atoms with Crippen LogP contribution in [0.4, 0.5) is 0 Å². The Morgan fingerprint density at radius 2 is 1.84 bits per heavy atom. The molecule has 2 aliphatic rings. The highest BCUT2D eigenvalue weighted by Crippen LogP contribution is 2.33. The standard InChI is InChI=1S/C17H34N2/c1-5-18-15(4)16-7-6-8-19(12-16)17-10-13(2)9-14(3)11-17/h13-18H,5-12H2,1-4H3. The lowest BCUT2D eigenvalue weighted by atomic mass is 9.78. The van der Waals surface area contributed by atoms with Gasteiger partial charge in [-0.3, -0.25) is 0 Å². The summed E-state index contributed by atoms with van der Waals surface area (Å²) in [5.41, 5.74) is 0. The van der Waals surface area contributed by atoms with Crippen LogP contribution in [0.1, 0.15) is 59.8 Å². The van der Waals surface area contributed by atoms with E-state index in [1.165, 1.54) is 45.2 Å². The van der Waals surface area contributed by atoms with E-state index in [1.807, 2.05) is 0 Å². The van der Waals surface area contributed by atoms with Crippen molar-refractivity contribution in [2.45, 2.75) is 71.9 Å². The van der Waals surface area contributed by atoms with Crippen LogP contribution in [0.5, 0.6) is 0 Å². The lowest BCUT2D eigenvalue weighted by Crippen LogP contribution is -2.49. The van der Waals surface area contributed by atoms with Crippen molar-refractivity contribution in [2.75, 3.05) is 19.6 Å². The van der Waals surface area contributed by atoms with Crippen molar-refractivity contribution < 1.29 is 0 Å². The fraction of sp³-hybridized carbons (Fsp3) is 1.00. The van der Waals surface area contributed by atoms with E-state index >= 15 is 0 Å². The summed E-state index contributed by atoms with van der Waals surface area (Å²) in [6.07, 6.45) is 7.14. The Morgan fingerprint density at radius 3 is 2.47 bits per heavy atom. The van der Waals surface area contributed by atoms with Gasteiger partial charge in [0.1, 0.15) is 0 Å². The molecule has 2 fully saturated rings. The molecular weight excluding hydrogens is 232 g/mol. The van der Waals surface area contributed by atoms with Gasteiger partial charge in [-0.05, 0) is 69.9 Å². The van der Waals surface area contributed by atoms with Crippen LogP contribution in [0.25, 0.3) is 0 Å². The van der Waals surface area contributed by atoms with Crippen LogP contribution in [-0.4, -0.2) is 36.6 Å². The highest BCUT2D eigenvalue weighted by atomic mass is 15.2. The third-order valence-corrected chi connectivity index (χ3v) is 5.39. The summed E-state index contributed by atoms with van der Waals surface area (Å²) < 4.78 is 0. The summed E-state index contributed by atoms with van der Waals surface area (Å²) in [5, 5.41) is 3.63. The van der Waals surface area contributed by atoms with Gasteiger partial charge in [-0.1, -0.05) is 20.8 Å². The molecule has 2 nitrogen and oxygen atoms in total. The average Bonchev–Trinajstić information content (AvgIpc) is 2.38. The van der Waals surface area contributed by atoms with E-state index in [0.29, 0.717) is 6.04 Å². The smallest absolute Gasteiger partial charge is 0.0100 e. The van der Waals surface area contributed by atoms with Crippen LogP contribution in [0.15, 0.2) is 0 Å². The molecule has 0 aromatic heterocycles. The maximum Gasteiger partial charge on any atom is 0.0100 e. The summed E-state index contributed by atoms with van der Waals surface area (Å²) in [4.78, 5) is 2.83. The van der Waals surface area contributed by atoms with Gasteiger partial charge < -0.3 is 10.2 Å². The Hall–Kier alpha value is -0.0800. The molecule has 1 aliphatic heterocycles. The minimum Gasteiger partial charge on any atom is -0.314 e. The van der Waals surface area contributed by atoms with E-state index in [1.54, 1.807) is 0 Å². The first-order valence-electron chi connectivity index (χ1n) is 8.57. The zero-order valence-electron chi connectivity index (χ0n) is 13.5. The number of likely N-dealkylation sites (tertiary alicyclic amines) is 1. The van der Waals surface area contributed by atoms with E-state index in [4.69, 9.17) is 0 Å². The highest BCUT2D eigenvalue weighted by molar-refractivity contribution is 4.87. The van der Waals surface area contributed by atoms with Gasteiger partial charge in [0.05, 0.1) is 0 Å². The Labute approximate surface area is 120 Å². The van der Waals surface area contributed by atoms with Gasteiger partial charge in [0, 0.05) is 18.6 Å². The first-order chi connectivity index (χ1) is 9.10. The van der Waals surface area contributed by atoms with Crippen LogP contribution >= 0.6 is 0 Å². The Balaban J connectivity index is 1.89. The number of nitrogens with one attached hydrogen (secondary N) is 1. The van der Waals surface area contributed by atoms with E-state index in [-0.39, 0.29) is 0 Å². The maximum atomic E-state index is 3.63. The van der Waals surface area contributed by atoms with Gasteiger partial charge in [-0.15, -0.1) is 0 Å². The van der Waals surface area contributed by atoms with Crippen molar-refractivity contribution in [1.29, 1.82) is 0 Å². The average molecular weight is 266 g/mol. The number of hydrogen-bond donors (Lipinski definition) is 1. The molecular formula is C17H34N2. The second-order valence-electron chi connectivity index (χ2n) is 7.31. The zero-order chi connectivity index (χ0) is 13.8. The van der Waals surface area contributed by atoms with E-state index < -0.39 is 0 Å². The molecule has 2 rings (SSSR count). The molecule has 0 aromatic rings. The van der Waals surface area contributed by atoms with Crippen molar-refractivity contribution in [1.82, 2.24) is 10.2 Å². The Morgan fingerprint density at radius 1 is 1.16 bits per heavy atom. The number of hydrogen-bond acceptors (Lipinski definition) is 2. The molecule has 0 amide bonds. The molecule has 1 saturated carbocycles. The molecule has 0 radical (unpaired) electrons. The molecule has 1 aliphatic carbocycles. The SMILES string of the molecule is CCNC(C)C1CCCN(C2CC(C)CC(C)C2)C1. The molecule has 4 unspecified atom stereocenters. The van der Waals surface area contributed by atoms with Crippen LogP contribution in [0.3, 0.4) is 0 Å². The van der Waals surface area contributed by atoms with Crippen LogP contribution in [0, 0.1) is 17.8 Å². The van der Waals surface area contributed by atoms with Crippen molar-refractivity contribution >= 4 is 0 Å². The van der Waals surface area contributed by atoms with Crippen molar-refractivity contribution in [3.8, 4) is 0 Å². The van der Waals surface area contributed by atoms with E-state index in [0.717, 1.165) is 30.3 Å². The molecule has 0 bridgehead atoms. The van der Waals surface area contributed by atoms with Gasteiger partial charge >= 0.3 is 0 Å². The predicted molar refractivity (Wildman–Crippen MR) is 83.4 cm³/mol. The van der Waals surface area contributed by atoms with Gasteiger partial charge in [0.2, 0.25) is 0 Å². The van der Waals surface area contributed by atoms with Gasteiger partial charge in [-0.2, -0.15) is 0 Å². The maximum absolute atomic E-state index is 3.63. The molecule has 0 spiro atoms. The third kappa shape index (κ3) is 4.19. The third-order valence-electron chi connectivity index (χ3n) is 5.39. The summed E-state index contributed by atoms with van der Waals surface area (Å²) >= 11 is 0. The summed E-state index contributed by atoms with van der Waals surface area (Å²) in [6.45, 7) is 13.3. The minimum atomic E-state index is 0.686. The van der Waals surface area contributed by atoms with E-state index in [9.17, 15) is 0 Å². The molecule has 4 atom stereocenters. The summed E-state index contributed by atoms with van der Waals surface area (Å²) in [7, 11) is 0. The summed E-state index contributed by atoms with van der Waals surface area (Å²) in [6, 6.07) is 1.56. The van der Waals surface area contributed by atoms with Crippen molar-refractivity contribution in [2.24, 2.45) is 17.8 Å². The topological polar surface area (TPSA) is 15.3 Å². The fourth-order valence-electron chi connectivity index (χ4n) is 4.47. The Kier molecular flexibility index (Phi) is 5.70. The zero-order valence-corrected chi connectivity index (χ0v) is 13.5. The lowest BCUT2D eigenvalue weighted by molar-refractivity contribution is 0.0606. The lowest BCUT2D eigenvalue weighted by Gasteiger charge is -2.44. The highest BCUT2D eigenvalue weighted by Gasteiger charge is 2.32. The Bertz CT molecular complexity index is 256. The second kappa shape index (κ2) is 7.08. The number of piperidine rings is 1. The number of rotatable bonds is 4. The molecule has 19 heavy (non-hydrogen) atoms. The van der Waals surface area contributed by atoms with Crippen molar-refractivity contribution in [3.63, 3.8) is 0 Å². The molecule has 1 saturated heterocycles. The van der Waals surface area contributed by atoms with Crippen LogP contribution in [0.2, 0.25) is 0 Å². The first-order valence-corrected chi connectivity index (χ1v) is 8.57. The molecule has 1 heterocycles. The van der Waals surface area contributed by atoms with E-state index in [2.05, 4.69) is 37.9 Å². The van der Waals surface area contributed by atoms with Gasteiger partial charge in [-0.25, -0.2) is 0 Å². The minimum absolute atomic E-state index is 0.686. The van der Waals surface area contributed by atoms with Crippen LogP contribution in [-0.2, 0) is 0 Å². The molecule has 2 heteroatoms. The van der Waals surface area contributed by atoms with Gasteiger partial charge in [0.15, 0.2) is 0 Å². The largest absolute Gasteiger partial charge is 0.314 e. The first kappa shape index (κ1) is 15.3. The van der Waals surface area contributed by atoms with Crippen LogP contribution < -0.4 is 5.32 Å².